The van der Waals surface area contributed by atoms with Gasteiger partial charge in [0.1, 0.15) is 10.7 Å². The van der Waals surface area contributed by atoms with Crippen LogP contribution in [0.1, 0.15) is 11.3 Å². The summed E-state index contributed by atoms with van der Waals surface area (Å²) >= 11 is 0. The van der Waals surface area contributed by atoms with Crippen LogP contribution in [0.4, 0.5) is 0 Å². The second-order valence-corrected chi connectivity index (χ2v) is 10.2. The molecule has 2 aromatic heterocycles. The van der Waals surface area contributed by atoms with E-state index in [0.717, 1.165) is 5.56 Å². The van der Waals surface area contributed by atoms with Crippen LogP contribution in [0.2, 0.25) is 0 Å². The molecule has 0 N–H and O–H groups in total. The summed E-state index contributed by atoms with van der Waals surface area (Å²) in [6, 6.07) is 22.0. The normalized spacial score (nSPS) is 11.7. The molecule has 36 heavy (non-hydrogen) atoms. The van der Waals surface area contributed by atoms with Crippen molar-refractivity contribution in [2.24, 2.45) is 0 Å². The maximum absolute atomic E-state index is 13.7. The Hall–Kier alpha value is -3.53. The van der Waals surface area contributed by atoms with Gasteiger partial charge in [0.05, 0.1) is 31.5 Å². The molecule has 188 valence electrons. The summed E-state index contributed by atoms with van der Waals surface area (Å²) in [7, 11) is -2.54. The van der Waals surface area contributed by atoms with Crippen molar-refractivity contribution < 1.29 is 22.4 Å². The highest BCUT2D eigenvalue weighted by atomic mass is 32.2. The lowest BCUT2D eigenvalue weighted by molar-refractivity contribution is -0.132. The number of pyridine rings is 1. The highest BCUT2D eigenvalue weighted by Crippen LogP contribution is 2.24. The Labute approximate surface area is 211 Å². The van der Waals surface area contributed by atoms with Crippen molar-refractivity contribution in [3.8, 4) is 0 Å². The number of fused-ring (bicyclic) bond motifs is 1. The van der Waals surface area contributed by atoms with Crippen molar-refractivity contribution in [1.82, 2.24) is 14.2 Å². The molecule has 0 bridgehead atoms. The third kappa shape index (κ3) is 6.17. The first-order valence-corrected chi connectivity index (χ1v) is 13.1. The first kappa shape index (κ1) is 25.6. The molecule has 0 aliphatic carbocycles. The Morgan fingerprint density at radius 3 is 2.53 bits per heavy atom. The maximum Gasteiger partial charge on any atom is 0.245 e. The standard InChI is InChI=1S/C27H29N3O5S/c1-34-19-17-30(36(32,33)25-13-5-10-23-11-6-15-28-27(23)25)21-26(31)29(20-24-12-7-18-35-24)16-14-22-8-3-2-4-9-22/h2-13,15,18H,14,16-17,19-21H2,1H3. The molecule has 8 nitrogen and oxygen atoms in total. The van der Waals surface area contributed by atoms with E-state index in [4.69, 9.17) is 9.15 Å². The number of aromatic nitrogens is 1. The summed E-state index contributed by atoms with van der Waals surface area (Å²) in [6.45, 7) is 0.503. The van der Waals surface area contributed by atoms with Gasteiger partial charge in [-0.2, -0.15) is 4.31 Å². The van der Waals surface area contributed by atoms with Gasteiger partial charge in [-0.1, -0.05) is 48.5 Å². The second-order valence-electron chi connectivity index (χ2n) is 8.29. The van der Waals surface area contributed by atoms with Crippen LogP contribution in [0.25, 0.3) is 10.9 Å². The number of para-hydroxylation sites is 1. The quantitative estimate of drug-likeness (QED) is 0.290. The molecule has 0 radical (unpaired) electrons. The van der Waals surface area contributed by atoms with E-state index in [9.17, 15) is 13.2 Å². The molecule has 0 saturated heterocycles. The SMILES string of the molecule is COCCN(CC(=O)N(CCc1ccccc1)Cc1ccco1)S(=O)(=O)c1cccc2cccnc12. The van der Waals surface area contributed by atoms with Gasteiger partial charge in [0, 0.05) is 31.8 Å². The van der Waals surface area contributed by atoms with Gasteiger partial charge in [0.2, 0.25) is 15.9 Å². The van der Waals surface area contributed by atoms with Crippen molar-refractivity contribution in [3.63, 3.8) is 0 Å². The van der Waals surface area contributed by atoms with E-state index in [2.05, 4.69) is 4.98 Å². The van der Waals surface area contributed by atoms with Crippen molar-refractivity contribution >= 4 is 26.8 Å². The van der Waals surface area contributed by atoms with Crippen molar-refractivity contribution in [1.29, 1.82) is 0 Å². The summed E-state index contributed by atoms with van der Waals surface area (Å²) in [4.78, 5) is 19.5. The van der Waals surface area contributed by atoms with E-state index in [1.807, 2.05) is 30.3 Å². The van der Waals surface area contributed by atoms with E-state index in [1.54, 1.807) is 53.8 Å². The van der Waals surface area contributed by atoms with E-state index < -0.39 is 10.0 Å². The van der Waals surface area contributed by atoms with Crippen molar-refractivity contribution in [2.75, 3.05) is 33.4 Å². The number of hydrogen-bond acceptors (Lipinski definition) is 6. The fourth-order valence-corrected chi connectivity index (χ4v) is 5.48. The highest BCUT2D eigenvalue weighted by molar-refractivity contribution is 7.89. The second kappa shape index (κ2) is 11.9. The Bertz CT molecular complexity index is 1370. The molecule has 0 atom stereocenters. The molecule has 0 unspecified atom stereocenters. The number of rotatable bonds is 12. The number of furan rings is 1. The summed E-state index contributed by atoms with van der Waals surface area (Å²) in [5.74, 6) is 0.302. The minimum atomic E-state index is -4.04. The van der Waals surface area contributed by atoms with Gasteiger partial charge in [-0.05, 0) is 36.2 Å². The average molecular weight is 508 g/mol. The monoisotopic (exact) mass is 507 g/mol. The van der Waals surface area contributed by atoms with E-state index in [0.29, 0.717) is 29.6 Å². The molecule has 2 heterocycles. The first-order chi connectivity index (χ1) is 17.5. The predicted octanol–water partition coefficient (Wildman–Crippen LogP) is 3.74. The fourth-order valence-electron chi connectivity index (χ4n) is 3.94. The zero-order valence-corrected chi connectivity index (χ0v) is 20.9. The number of amides is 1. The number of sulfonamides is 1. The molecule has 0 saturated carbocycles. The smallest absolute Gasteiger partial charge is 0.245 e. The van der Waals surface area contributed by atoms with E-state index in [-0.39, 0.29) is 37.0 Å². The minimum absolute atomic E-state index is 0.0288. The summed E-state index contributed by atoms with van der Waals surface area (Å²) < 4.78 is 39.3. The van der Waals surface area contributed by atoms with Crippen LogP contribution in [0, 0.1) is 0 Å². The van der Waals surface area contributed by atoms with Crippen LogP contribution in [-0.4, -0.2) is 61.9 Å². The Morgan fingerprint density at radius 1 is 0.972 bits per heavy atom. The molecule has 0 spiro atoms. The van der Waals surface area contributed by atoms with E-state index in [1.165, 1.54) is 17.5 Å². The van der Waals surface area contributed by atoms with Crippen LogP contribution in [0.5, 0.6) is 0 Å². The molecule has 1 amide bonds. The van der Waals surface area contributed by atoms with Crippen LogP contribution in [0.3, 0.4) is 0 Å². The van der Waals surface area contributed by atoms with Gasteiger partial charge < -0.3 is 14.1 Å². The van der Waals surface area contributed by atoms with E-state index >= 15 is 0 Å². The molecule has 0 aliphatic rings. The highest BCUT2D eigenvalue weighted by Gasteiger charge is 2.30. The van der Waals surface area contributed by atoms with Crippen LogP contribution < -0.4 is 0 Å². The number of nitrogens with zero attached hydrogens (tertiary/aromatic N) is 3. The van der Waals surface area contributed by atoms with Gasteiger partial charge in [0.25, 0.3) is 0 Å². The summed E-state index contributed by atoms with van der Waals surface area (Å²) in [5, 5.41) is 0.707. The van der Waals surface area contributed by atoms with Gasteiger partial charge in [-0.3, -0.25) is 9.78 Å². The number of carbonyl (C=O) groups excluding carboxylic acids is 1. The molecule has 9 heteroatoms. The van der Waals surface area contributed by atoms with Crippen LogP contribution >= 0.6 is 0 Å². The molecule has 4 aromatic rings. The Kier molecular flexibility index (Phi) is 8.48. The van der Waals surface area contributed by atoms with Crippen LogP contribution in [-0.2, 0) is 32.5 Å². The lowest BCUT2D eigenvalue weighted by atomic mass is 10.1. The lowest BCUT2D eigenvalue weighted by Crippen LogP contribution is -2.44. The topological polar surface area (TPSA) is 93.0 Å². The third-order valence-corrected chi connectivity index (χ3v) is 7.74. The largest absolute Gasteiger partial charge is 0.467 e. The Morgan fingerprint density at radius 2 is 1.78 bits per heavy atom. The average Bonchev–Trinajstić information content (AvgIpc) is 3.42. The molecule has 4 rings (SSSR count). The zero-order valence-electron chi connectivity index (χ0n) is 20.1. The fraction of sp³-hybridized carbons (Fsp3) is 0.259. The number of ether oxygens (including phenoxy) is 1. The Balaban J connectivity index is 1.60. The third-order valence-electron chi connectivity index (χ3n) is 5.86. The molecular weight excluding hydrogens is 478 g/mol. The minimum Gasteiger partial charge on any atom is -0.467 e. The lowest BCUT2D eigenvalue weighted by Gasteiger charge is -2.27. The van der Waals surface area contributed by atoms with Crippen molar-refractivity contribution in [3.05, 3.63) is 96.6 Å². The van der Waals surface area contributed by atoms with Gasteiger partial charge in [-0.15, -0.1) is 0 Å². The summed E-state index contributed by atoms with van der Waals surface area (Å²) in [6.07, 6.45) is 3.74. The maximum atomic E-state index is 13.7. The number of benzene rings is 2. The van der Waals surface area contributed by atoms with Gasteiger partial charge in [-0.25, -0.2) is 8.42 Å². The molecule has 0 fully saturated rings. The number of methoxy groups -OCH3 is 1. The predicted molar refractivity (Wildman–Crippen MR) is 137 cm³/mol. The molecular formula is C27H29N3O5S. The summed E-state index contributed by atoms with van der Waals surface area (Å²) in [5.41, 5.74) is 1.45. The van der Waals surface area contributed by atoms with Crippen LogP contribution in [0.15, 0.2) is 94.6 Å². The molecule has 2 aromatic carbocycles. The number of hydrogen-bond donors (Lipinski definition) is 0. The number of carbonyl (C=O) groups is 1. The zero-order chi connectivity index (χ0) is 25.4. The van der Waals surface area contributed by atoms with Gasteiger partial charge >= 0.3 is 0 Å². The van der Waals surface area contributed by atoms with Crippen molar-refractivity contribution in [2.45, 2.75) is 17.9 Å². The first-order valence-electron chi connectivity index (χ1n) is 11.7. The molecule has 0 aliphatic heterocycles. The van der Waals surface area contributed by atoms with Gasteiger partial charge in [0.15, 0.2) is 0 Å².